The number of benzene rings is 1. The van der Waals surface area contributed by atoms with Crippen LogP contribution in [0.3, 0.4) is 0 Å². The number of hydrogen-bond donors (Lipinski definition) is 1. The van der Waals surface area contributed by atoms with E-state index in [4.69, 9.17) is 0 Å². The van der Waals surface area contributed by atoms with E-state index in [1.165, 1.54) is 34.8 Å². The van der Waals surface area contributed by atoms with Gasteiger partial charge in [0.05, 0.1) is 4.88 Å². The minimum absolute atomic E-state index is 0.169. The minimum atomic E-state index is -0.306. The van der Waals surface area contributed by atoms with Gasteiger partial charge in [0.25, 0.3) is 5.91 Å². The normalized spacial score (nSPS) is 11.2. The lowest BCUT2D eigenvalue weighted by Gasteiger charge is -2.06. The zero-order valence-corrected chi connectivity index (χ0v) is 15.2. The molecule has 4 aromatic rings. The Hall–Kier alpha value is -2.51. The molecule has 0 unspecified atom stereocenters. The van der Waals surface area contributed by atoms with Crippen LogP contribution in [0.4, 0.5) is 10.2 Å². The number of carbonyl (C=O) groups is 1. The lowest BCUT2D eigenvalue weighted by molar-refractivity contribution is 0.103. The lowest BCUT2D eigenvalue weighted by Crippen LogP contribution is -2.12. The third-order valence-corrected chi connectivity index (χ3v) is 5.91. The zero-order valence-electron chi connectivity index (χ0n) is 13.5. The topological polar surface area (TPSA) is 46.4 Å². The Morgan fingerprint density at radius 1 is 1.24 bits per heavy atom. The Labute approximate surface area is 151 Å². The van der Waals surface area contributed by atoms with Crippen molar-refractivity contribution in [2.75, 3.05) is 5.32 Å². The summed E-state index contributed by atoms with van der Waals surface area (Å²) in [7, 11) is 0. The number of amides is 1. The van der Waals surface area contributed by atoms with E-state index >= 15 is 0 Å². The number of halogens is 1. The first-order valence-corrected chi connectivity index (χ1v) is 9.32. The Kier molecular flexibility index (Phi) is 3.89. The first-order chi connectivity index (χ1) is 12.0. The van der Waals surface area contributed by atoms with Crippen molar-refractivity contribution >= 4 is 39.4 Å². The maximum Gasteiger partial charge on any atom is 0.266 e. The molecule has 25 heavy (non-hydrogen) atoms. The van der Waals surface area contributed by atoms with Crippen molar-refractivity contribution in [3.63, 3.8) is 0 Å². The molecular formula is C18H14FN3OS2. The molecule has 1 amide bonds. The van der Waals surface area contributed by atoms with Gasteiger partial charge in [-0.25, -0.2) is 9.37 Å². The number of thiophene rings is 1. The Balaban J connectivity index is 1.77. The van der Waals surface area contributed by atoms with Crippen molar-refractivity contribution in [1.82, 2.24) is 9.38 Å². The van der Waals surface area contributed by atoms with Gasteiger partial charge in [0, 0.05) is 22.0 Å². The molecule has 4 rings (SSSR count). The molecular weight excluding hydrogens is 357 g/mol. The average molecular weight is 371 g/mol. The number of nitrogens with zero attached hydrogens (tertiary/aromatic N) is 2. The van der Waals surface area contributed by atoms with Crippen LogP contribution in [-0.4, -0.2) is 15.3 Å². The van der Waals surface area contributed by atoms with Crippen LogP contribution in [0.1, 0.15) is 20.1 Å². The predicted molar refractivity (Wildman–Crippen MR) is 100 cm³/mol. The quantitative estimate of drug-likeness (QED) is 0.542. The second-order valence-electron chi connectivity index (χ2n) is 5.68. The van der Waals surface area contributed by atoms with Crippen molar-refractivity contribution in [3.8, 4) is 11.3 Å². The summed E-state index contributed by atoms with van der Waals surface area (Å²) in [6.45, 7) is 3.99. The highest BCUT2D eigenvalue weighted by Crippen LogP contribution is 2.32. The molecule has 0 atom stereocenters. The molecule has 0 spiro atoms. The molecule has 4 nitrogen and oxygen atoms in total. The Morgan fingerprint density at radius 2 is 2.00 bits per heavy atom. The number of aromatic nitrogens is 2. The molecule has 3 aromatic heterocycles. The van der Waals surface area contributed by atoms with Gasteiger partial charge in [-0.1, -0.05) is 0 Å². The maximum absolute atomic E-state index is 13.2. The molecule has 0 aliphatic carbocycles. The SMILES string of the molecule is Cc1cc(C(=O)Nc2c(-c3ccc(F)cc3)nc3sccn23)sc1C. The van der Waals surface area contributed by atoms with Gasteiger partial charge in [0.2, 0.25) is 0 Å². The van der Waals surface area contributed by atoms with Crippen LogP contribution in [0, 0.1) is 19.7 Å². The van der Waals surface area contributed by atoms with E-state index < -0.39 is 0 Å². The molecule has 7 heteroatoms. The van der Waals surface area contributed by atoms with Gasteiger partial charge in [-0.05, 0) is 49.7 Å². The smallest absolute Gasteiger partial charge is 0.266 e. The number of thiazole rings is 1. The fraction of sp³-hybridized carbons (Fsp3) is 0.111. The van der Waals surface area contributed by atoms with Crippen molar-refractivity contribution in [2.24, 2.45) is 0 Å². The second-order valence-corrected chi connectivity index (χ2v) is 7.80. The maximum atomic E-state index is 13.2. The first-order valence-electron chi connectivity index (χ1n) is 7.63. The summed E-state index contributed by atoms with van der Waals surface area (Å²) < 4.78 is 15.1. The van der Waals surface area contributed by atoms with E-state index in [1.807, 2.05) is 35.9 Å². The summed E-state index contributed by atoms with van der Waals surface area (Å²) in [5.41, 5.74) is 2.49. The third-order valence-electron chi connectivity index (χ3n) is 4.00. The predicted octanol–water partition coefficient (Wildman–Crippen LogP) is 5.13. The molecule has 126 valence electrons. The van der Waals surface area contributed by atoms with E-state index in [9.17, 15) is 9.18 Å². The monoisotopic (exact) mass is 371 g/mol. The summed E-state index contributed by atoms with van der Waals surface area (Å²) in [6.07, 6.45) is 1.86. The van der Waals surface area contributed by atoms with Gasteiger partial charge in [-0.15, -0.1) is 22.7 Å². The van der Waals surface area contributed by atoms with Crippen LogP contribution in [0.5, 0.6) is 0 Å². The van der Waals surface area contributed by atoms with E-state index in [0.717, 1.165) is 21.0 Å². The lowest BCUT2D eigenvalue weighted by atomic mass is 10.1. The summed E-state index contributed by atoms with van der Waals surface area (Å²) in [5.74, 6) is 0.119. The fourth-order valence-corrected chi connectivity index (χ4v) is 4.21. The fourth-order valence-electron chi connectivity index (χ4n) is 2.57. The number of fused-ring (bicyclic) bond motifs is 1. The van der Waals surface area contributed by atoms with Crippen LogP contribution >= 0.6 is 22.7 Å². The minimum Gasteiger partial charge on any atom is -0.305 e. The van der Waals surface area contributed by atoms with Crippen LogP contribution in [0.2, 0.25) is 0 Å². The van der Waals surface area contributed by atoms with Gasteiger partial charge in [0.15, 0.2) is 4.96 Å². The van der Waals surface area contributed by atoms with E-state index in [-0.39, 0.29) is 11.7 Å². The molecule has 0 saturated carbocycles. The van der Waals surface area contributed by atoms with E-state index in [0.29, 0.717) is 16.4 Å². The molecule has 0 saturated heterocycles. The van der Waals surface area contributed by atoms with Crippen molar-refractivity contribution in [1.29, 1.82) is 0 Å². The molecule has 3 heterocycles. The van der Waals surface area contributed by atoms with E-state index in [1.54, 1.807) is 12.1 Å². The number of nitrogens with one attached hydrogen (secondary N) is 1. The largest absolute Gasteiger partial charge is 0.305 e. The molecule has 1 N–H and O–H groups in total. The summed E-state index contributed by atoms with van der Waals surface area (Å²) >= 11 is 2.95. The highest BCUT2D eigenvalue weighted by molar-refractivity contribution is 7.15. The van der Waals surface area contributed by atoms with E-state index in [2.05, 4.69) is 10.3 Å². The van der Waals surface area contributed by atoms with Crippen molar-refractivity contribution in [2.45, 2.75) is 13.8 Å². The van der Waals surface area contributed by atoms with Crippen molar-refractivity contribution in [3.05, 3.63) is 63.0 Å². The second kappa shape index (κ2) is 6.09. The van der Waals surface area contributed by atoms with Crippen LogP contribution in [-0.2, 0) is 0 Å². The number of hydrogen-bond acceptors (Lipinski definition) is 4. The highest BCUT2D eigenvalue weighted by atomic mass is 32.1. The standard InChI is InChI=1S/C18H14FN3OS2/c1-10-9-14(25-11(10)2)17(23)21-16-15(12-3-5-13(19)6-4-12)20-18-22(16)7-8-24-18/h3-9H,1-2H3,(H,21,23). The van der Waals surface area contributed by atoms with Gasteiger partial charge >= 0.3 is 0 Å². The molecule has 0 aliphatic rings. The van der Waals surface area contributed by atoms with Gasteiger partial charge in [-0.2, -0.15) is 0 Å². The Morgan fingerprint density at radius 3 is 2.68 bits per heavy atom. The highest BCUT2D eigenvalue weighted by Gasteiger charge is 2.19. The molecule has 1 aromatic carbocycles. The molecule has 0 fully saturated rings. The van der Waals surface area contributed by atoms with Gasteiger partial charge in [0.1, 0.15) is 17.3 Å². The summed E-state index contributed by atoms with van der Waals surface area (Å²) in [5, 5.41) is 4.88. The van der Waals surface area contributed by atoms with Gasteiger partial charge < -0.3 is 5.32 Å². The third kappa shape index (κ3) is 2.85. The summed E-state index contributed by atoms with van der Waals surface area (Å²) in [6, 6.07) is 7.99. The molecule has 0 radical (unpaired) electrons. The average Bonchev–Trinajstić information content (AvgIpc) is 3.26. The number of imidazole rings is 1. The number of rotatable bonds is 3. The first kappa shape index (κ1) is 16.0. The number of anilines is 1. The summed E-state index contributed by atoms with van der Waals surface area (Å²) in [4.78, 5) is 19.8. The van der Waals surface area contributed by atoms with Crippen LogP contribution < -0.4 is 5.32 Å². The molecule has 0 bridgehead atoms. The van der Waals surface area contributed by atoms with Crippen molar-refractivity contribution < 1.29 is 9.18 Å². The van der Waals surface area contributed by atoms with Crippen LogP contribution in [0.15, 0.2) is 41.9 Å². The Bertz CT molecular complexity index is 1060. The molecule has 0 aliphatic heterocycles. The van der Waals surface area contributed by atoms with Crippen LogP contribution in [0.25, 0.3) is 16.2 Å². The zero-order chi connectivity index (χ0) is 17.6. The number of carbonyl (C=O) groups excluding carboxylic acids is 1. The number of aryl methyl sites for hydroxylation is 2. The van der Waals surface area contributed by atoms with Gasteiger partial charge in [-0.3, -0.25) is 9.20 Å².